The third-order valence-corrected chi connectivity index (χ3v) is 4.27. The van der Waals surface area contributed by atoms with Gasteiger partial charge in [-0.2, -0.15) is 0 Å². The minimum absolute atomic E-state index is 0.293. The monoisotopic (exact) mass is 327 g/mol. The minimum Gasteiger partial charge on any atom is -0.491 e. The van der Waals surface area contributed by atoms with Gasteiger partial charge in [-0.25, -0.2) is 0 Å². The summed E-state index contributed by atoms with van der Waals surface area (Å²) in [7, 11) is 0. The van der Waals surface area contributed by atoms with Crippen LogP contribution in [0.5, 0.6) is 5.75 Å². The first-order chi connectivity index (χ1) is 11.8. The van der Waals surface area contributed by atoms with E-state index in [4.69, 9.17) is 9.47 Å². The highest BCUT2D eigenvalue weighted by molar-refractivity contribution is 5.63. The highest BCUT2D eigenvalue weighted by Crippen LogP contribution is 2.22. The van der Waals surface area contributed by atoms with Gasteiger partial charge >= 0.3 is 0 Å². The molecule has 1 atom stereocenters. The number of benzene rings is 2. The number of hydrogen-bond acceptors (Lipinski definition) is 4. The largest absolute Gasteiger partial charge is 0.491 e. The average Bonchev–Trinajstić information content (AvgIpc) is 2.67. The predicted molar refractivity (Wildman–Crippen MR) is 95.2 cm³/mol. The lowest BCUT2D eigenvalue weighted by atomic mass is 10.1. The fraction of sp³-hybridized carbons (Fsp3) is 0.400. The third kappa shape index (κ3) is 5.06. The number of ether oxygens (including phenoxy) is 2. The summed E-state index contributed by atoms with van der Waals surface area (Å²) < 4.78 is 11.0. The molecule has 1 fully saturated rings. The molecule has 128 valence electrons. The molecular weight excluding hydrogens is 302 g/mol. The SMILES string of the molecule is OC(CNC1CCOCC1)COc1ccc(-c2ccccc2)cc1. The standard InChI is InChI=1S/C20H25NO3/c22-19(14-21-18-10-12-23-13-11-18)15-24-20-8-6-17(7-9-20)16-4-2-1-3-5-16/h1-9,18-19,21-22H,10-15H2. The zero-order valence-corrected chi connectivity index (χ0v) is 13.9. The molecule has 0 aromatic heterocycles. The summed E-state index contributed by atoms with van der Waals surface area (Å²) in [5.41, 5.74) is 2.34. The summed E-state index contributed by atoms with van der Waals surface area (Å²) >= 11 is 0. The Balaban J connectivity index is 1.42. The van der Waals surface area contributed by atoms with Gasteiger partial charge in [0.25, 0.3) is 0 Å². The van der Waals surface area contributed by atoms with E-state index >= 15 is 0 Å². The molecule has 0 aliphatic carbocycles. The predicted octanol–water partition coefficient (Wildman–Crippen LogP) is 2.86. The molecule has 0 radical (unpaired) electrons. The van der Waals surface area contributed by atoms with E-state index in [-0.39, 0.29) is 0 Å². The Hall–Kier alpha value is -1.88. The Morgan fingerprint density at radius 3 is 2.38 bits per heavy atom. The number of nitrogens with one attached hydrogen (secondary N) is 1. The smallest absolute Gasteiger partial charge is 0.119 e. The van der Waals surface area contributed by atoms with E-state index in [9.17, 15) is 5.11 Å². The van der Waals surface area contributed by atoms with Gasteiger partial charge in [0, 0.05) is 25.8 Å². The lowest BCUT2D eigenvalue weighted by molar-refractivity contribution is 0.0655. The Bertz CT molecular complexity index is 594. The van der Waals surface area contributed by atoms with Crippen molar-refractivity contribution in [3.63, 3.8) is 0 Å². The molecule has 2 aromatic carbocycles. The molecule has 3 rings (SSSR count). The molecule has 2 aromatic rings. The van der Waals surface area contributed by atoms with Gasteiger partial charge in [-0.05, 0) is 36.1 Å². The van der Waals surface area contributed by atoms with Crippen LogP contribution in [0.3, 0.4) is 0 Å². The van der Waals surface area contributed by atoms with Crippen LogP contribution in [0.25, 0.3) is 11.1 Å². The minimum atomic E-state index is -0.512. The van der Waals surface area contributed by atoms with Crippen LogP contribution in [-0.4, -0.2) is 43.6 Å². The summed E-state index contributed by atoms with van der Waals surface area (Å²) in [5, 5.41) is 13.4. The molecule has 0 bridgehead atoms. The first-order valence-corrected chi connectivity index (χ1v) is 8.59. The normalized spacial score (nSPS) is 16.7. The Morgan fingerprint density at radius 2 is 1.67 bits per heavy atom. The molecule has 4 nitrogen and oxygen atoms in total. The van der Waals surface area contributed by atoms with Crippen LogP contribution in [0, 0.1) is 0 Å². The molecule has 4 heteroatoms. The van der Waals surface area contributed by atoms with Crippen molar-refractivity contribution in [2.24, 2.45) is 0 Å². The van der Waals surface area contributed by atoms with Crippen LogP contribution in [0.4, 0.5) is 0 Å². The van der Waals surface area contributed by atoms with Gasteiger partial charge < -0.3 is 19.9 Å². The average molecular weight is 327 g/mol. The molecule has 1 unspecified atom stereocenters. The van der Waals surface area contributed by atoms with Crippen molar-refractivity contribution in [3.8, 4) is 16.9 Å². The highest BCUT2D eigenvalue weighted by atomic mass is 16.5. The van der Waals surface area contributed by atoms with Crippen molar-refractivity contribution in [1.29, 1.82) is 0 Å². The fourth-order valence-corrected chi connectivity index (χ4v) is 2.83. The molecular formula is C20H25NO3. The second-order valence-electron chi connectivity index (χ2n) is 6.15. The molecule has 0 spiro atoms. The summed E-state index contributed by atoms with van der Waals surface area (Å²) in [4.78, 5) is 0. The van der Waals surface area contributed by atoms with Crippen molar-refractivity contribution in [2.45, 2.75) is 25.0 Å². The lowest BCUT2D eigenvalue weighted by Gasteiger charge is -2.24. The molecule has 1 saturated heterocycles. The zero-order chi connectivity index (χ0) is 16.6. The molecule has 1 aliphatic heterocycles. The van der Waals surface area contributed by atoms with E-state index in [2.05, 4.69) is 17.4 Å². The molecule has 24 heavy (non-hydrogen) atoms. The maximum Gasteiger partial charge on any atom is 0.119 e. The van der Waals surface area contributed by atoms with Gasteiger partial charge in [0.1, 0.15) is 18.5 Å². The zero-order valence-electron chi connectivity index (χ0n) is 13.9. The van der Waals surface area contributed by atoms with Gasteiger partial charge in [0.15, 0.2) is 0 Å². The van der Waals surface area contributed by atoms with Crippen LogP contribution in [-0.2, 0) is 4.74 Å². The lowest BCUT2D eigenvalue weighted by Crippen LogP contribution is -2.40. The number of hydrogen-bond donors (Lipinski definition) is 2. The maximum atomic E-state index is 10.1. The van der Waals surface area contributed by atoms with Crippen LogP contribution in [0.15, 0.2) is 54.6 Å². The highest BCUT2D eigenvalue weighted by Gasteiger charge is 2.14. The van der Waals surface area contributed by atoms with Crippen LogP contribution >= 0.6 is 0 Å². The van der Waals surface area contributed by atoms with Crippen molar-refractivity contribution in [2.75, 3.05) is 26.4 Å². The fourth-order valence-electron chi connectivity index (χ4n) is 2.83. The summed E-state index contributed by atoms with van der Waals surface area (Å²) in [6, 6.07) is 18.7. The summed E-state index contributed by atoms with van der Waals surface area (Å²) in [6.07, 6.45) is 1.50. The van der Waals surface area contributed by atoms with E-state index < -0.39 is 6.10 Å². The van der Waals surface area contributed by atoms with Gasteiger partial charge in [0.05, 0.1) is 0 Å². The van der Waals surface area contributed by atoms with Crippen molar-refractivity contribution in [1.82, 2.24) is 5.32 Å². The van der Waals surface area contributed by atoms with Gasteiger partial charge in [-0.15, -0.1) is 0 Å². The van der Waals surface area contributed by atoms with E-state index in [0.717, 1.165) is 37.4 Å². The topological polar surface area (TPSA) is 50.7 Å². The first-order valence-electron chi connectivity index (χ1n) is 8.59. The van der Waals surface area contributed by atoms with Crippen LogP contribution in [0.2, 0.25) is 0 Å². The number of aliphatic hydroxyl groups is 1. The maximum absolute atomic E-state index is 10.1. The van der Waals surface area contributed by atoms with E-state index in [1.807, 2.05) is 42.5 Å². The second kappa shape index (κ2) is 8.83. The van der Waals surface area contributed by atoms with E-state index in [1.54, 1.807) is 0 Å². The van der Waals surface area contributed by atoms with Gasteiger partial charge in [0.2, 0.25) is 0 Å². The Kier molecular flexibility index (Phi) is 6.24. The van der Waals surface area contributed by atoms with Gasteiger partial charge in [-0.3, -0.25) is 0 Å². The van der Waals surface area contributed by atoms with Crippen LogP contribution < -0.4 is 10.1 Å². The molecule has 1 heterocycles. The van der Waals surface area contributed by atoms with E-state index in [1.165, 1.54) is 5.56 Å². The summed E-state index contributed by atoms with van der Waals surface area (Å²) in [5.74, 6) is 0.778. The number of aliphatic hydroxyl groups excluding tert-OH is 1. The van der Waals surface area contributed by atoms with Gasteiger partial charge in [-0.1, -0.05) is 42.5 Å². The van der Waals surface area contributed by atoms with Crippen molar-refractivity contribution in [3.05, 3.63) is 54.6 Å². The molecule has 0 saturated carbocycles. The summed E-state index contributed by atoms with van der Waals surface area (Å²) in [6.45, 7) is 2.45. The van der Waals surface area contributed by atoms with Crippen molar-refractivity contribution >= 4 is 0 Å². The molecule has 0 amide bonds. The molecule has 2 N–H and O–H groups in total. The molecule has 1 aliphatic rings. The number of rotatable bonds is 7. The van der Waals surface area contributed by atoms with Crippen molar-refractivity contribution < 1.29 is 14.6 Å². The Morgan fingerprint density at radius 1 is 1.00 bits per heavy atom. The quantitative estimate of drug-likeness (QED) is 0.821. The second-order valence-corrected chi connectivity index (χ2v) is 6.15. The van der Waals surface area contributed by atoms with E-state index in [0.29, 0.717) is 19.2 Å². The third-order valence-electron chi connectivity index (χ3n) is 4.27. The Labute approximate surface area is 143 Å². The first kappa shape index (κ1) is 17.0. The van der Waals surface area contributed by atoms with Crippen LogP contribution in [0.1, 0.15) is 12.8 Å².